The highest BCUT2D eigenvalue weighted by Crippen LogP contribution is 2.31. The minimum Gasteiger partial charge on any atom is -0.486 e. The molecule has 3 rings (SSSR count). The third-order valence-electron chi connectivity index (χ3n) is 3.30. The van der Waals surface area contributed by atoms with Gasteiger partial charge >= 0.3 is 0 Å². The molecule has 0 aromatic heterocycles. The Kier molecular flexibility index (Phi) is 4.34. The van der Waals surface area contributed by atoms with Crippen LogP contribution < -0.4 is 14.8 Å². The summed E-state index contributed by atoms with van der Waals surface area (Å²) in [5.74, 6) is 1.38. The van der Waals surface area contributed by atoms with Gasteiger partial charge in [0, 0.05) is 10.2 Å². The van der Waals surface area contributed by atoms with Gasteiger partial charge in [0.15, 0.2) is 11.5 Å². The first-order chi connectivity index (χ1) is 10.6. The van der Waals surface area contributed by atoms with Crippen molar-refractivity contribution in [3.8, 4) is 11.5 Å². The van der Waals surface area contributed by atoms with Crippen LogP contribution in [0.15, 0.2) is 40.9 Å². The molecule has 0 atom stereocenters. The Morgan fingerprint density at radius 1 is 1.14 bits per heavy atom. The standard InChI is InChI=1S/C17H16BrNO3/c1-11-6-13(18)10-14(7-11)19-17(20)9-12-2-3-15-16(8-12)22-5-4-21-15/h2-3,6-8,10H,4-5,9H2,1H3,(H,19,20). The van der Waals surface area contributed by atoms with Crippen LogP contribution in [0.2, 0.25) is 0 Å². The van der Waals surface area contributed by atoms with E-state index in [2.05, 4.69) is 21.2 Å². The molecular formula is C17H16BrNO3. The molecule has 5 heteroatoms. The Bertz CT molecular complexity index is 695. The number of fused-ring (bicyclic) bond motifs is 1. The van der Waals surface area contributed by atoms with Gasteiger partial charge in [-0.1, -0.05) is 22.0 Å². The maximum absolute atomic E-state index is 12.2. The number of nitrogens with one attached hydrogen (secondary N) is 1. The topological polar surface area (TPSA) is 47.6 Å². The van der Waals surface area contributed by atoms with Crippen molar-refractivity contribution < 1.29 is 14.3 Å². The first-order valence-corrected chi connectivity index (χ1v) is 7.85. The molecule has 114 valence electrons. The summed E-state index contributed by atoms with van der Waals surface area (Å²) in [7, 11) is 0. The third kappa shape index (κ3) is 3.60. The summed E-state index contributed by atoms with van der Waals surface area (Å²) >= 11 is 3.43. The summed E-state index contributed by atoms with van der Waals surface area (Å²) in [5.41, 5.74) is 2.77. The zero-order valence-electron chi connectivity index (χ0n) is 12.2. The fourth-order valence-electron chi connectivity index (χ4n) is 2.40. The van der Waals surface area contributed by atoms with E-state index in [-0.39, 0.29) is 5.91 Å². The first-order valence-electron chi connectivity index (χ1n) is 7.06. The van der Waals surface area contributed by atoms with E-state index in [1.54, 1.807) is 0 Å². The van der Waals surface area contributed by atoms with Gasteiger partial charge in [-0.05, 0) is 48.4 Å². The second-order valence-electron chi connectivity index (χ2n) is 5.22. The molecule has 2 aromatic carbocycles. The van der Waals surface area contributed by atoms with Gasteiger partial charge in [-0.2, -0.15) is 0 Å². The number of benzene rings is 2. The van der Waals surface area contributed by atoms with Gasteiger partial charge in [0.1, 0.15) is 13.2 Å². The van der Waals surface area contributed by atoms with Crippen LogP contribution in [0.3, 0.4) is 0 Å². The highest BCUT2D eigenvalue weighted by molar-refractivity contribution is 9.10. The molecule has 0 fully saturated rings. The Balaban J connectivity index is 1.69. The highest BCUT2D eigenvalue weighted by Gasteiger charge is 2.13. The molecule has 22 heavy (non-hydrogen) atoms. The number of carbonyl (C=O) groups excluding carboxylic acids is 1. The summed E-state index contributed by atoms with van der Waals surface area (Å²) in [5, 5.41) is 2.91. The van der Waals surface area contributed by atoms with Crippen LogP contribution in [0.4, 0.5) is 5.69 Å². The fourth-order valence-corrected chi connectivity index (χ4v) is 3.00. The monoisotopic (exact) mass is 361 g/mol. The van der Waals surface area contributed by atoms with E-state index in [1.165, 1.54) is 0 Å². The number of aryl methyl sites for hydroxylation is 1. The van der Waals surface area contributed by atoms with Crippen molar-refractivity contribution in [3.05, 3.63) is 52.0 Å². The average molecular weight is 362 g/mol. The van der Waals surface area contributed by atoms with Gasteiger partial charge in [-0.15, -0.1) is 0 Å². The van der Waals surface area contributed by atoms with Crippen molar-refractivity contribution in [3.63, 3.8) is 0 Å². The van der Waals surface area contributed by atoms with Gasteiger partial charge < -0.3 is 14.8 Å². The largest absolute Gasteiger partial charge is 0.486 e. The lowest BCUT2D eigenvalue weighted by Crippen LogP contribution is -2.17. The van der Waals surface area contributed by atoms with Crippen molar-refractivity contribution in [2.45, 2.75) is 13.3 Å². The number of anilines is 1. The van der Waals surface area contributed by atoms with Crippen molar-refractivity contribution in [1.29, 1.82) is 0 Å². The molecule has 0 radical (unpaired) electrons. The predicted molar refractivity (Wildman–Crippen MR) is 88.6 cm³/mol. The number of hydrogen-bond acceptors (Lipinski definition) is 3. The molecule has 1 aliphatic rings. The molecular weight excluding hydrogens is 346 g/mol. The van der Waals surface area contributed by atoms with Crippen molar-refractivity contribution in [2.24, 2.45) is 0 Å². The summed E-state index contributed by atoms with van der Waals surface area (Å²) in [6.07, 6.45) is 0.294. The van der Waals surface area contributed by atoms with E-state index in [9.17, 15) is 4.79 Å². The summed E-state index contributed by atoms with van der Waals surface area (Å²) in [6, 6.07) is 11.4. The van der Waals surface area contributed by atoms with E-state index in [4.69, 9.17) is 9.47 Å². The molecule has 1 heterocycles. The molecule has 1 amide bonds. The van der Waals surface area contributed by atoms with Crippen LogP contribution in [0.1, 0.15) is 11.1 Å². The predicted octanol–water partition coefficient (Wildman–Crippen LogP) is 3.71. The lowest BCUT2D eigenvalue weighted by molar-refractivity contribution is -0.115. The van der Waals surface area contributed by atoms with Crippen LogP contribution in [0, 0.1) is 6.92 Å². The summed E-state index contributed by atoms with van der Waals surface area (Å²) in [4.78, 5) is 12.2. The van der Waals surface area contributed by atoms with E-state index >= 15 is 0 Å². The molecule has 0 aliphatic carbocycles. The van der Waals surface area contributed by atoms with Crippen molar-refractivity contribution in [2.75, 3.05) is 18.5 Å². The van der Waals surface area contributed by atoms with Gasteiger partial charge in [0.25, 0.3) is 0 Å². The molecule has 0 saturated carbocycles. The molecule has 1 aliphatic heterocycles. The zero-order valence-corrected chi connectivity index (χ0v) is 13.8. The van der Waals surface area contributed by atoms with Crippen LogP contribution >= 0.6 is 15.9 Å². The van der Waals surface area contributed by atoms with Crippen LogP contribution in [0.25, 0.3) is 0 Å². The van der Waals surface area contributed by atoms with Gasteiger partial charge in [-0.25, -0.2) is 0 Å². The molecule has 2 aromatic rings. The van der Waals surface area contributed by atoms with Crippen LogP contribution in [0.5, 0.6) is 11.5 Å². The lowest BCUT2D eigenvalue weighted by Gasteiger charge is -2.18. The lowest BCUT2D eigenvalue weighted by atomic mass is 10.1. The minimum absolute atomic E-state index is 0.0609. The Morgan fingerprint density at radius 3 is 2.68 bits per heavy atom. The normalized spacial score (nSPS) is 12.8. The maximum atomic E-state index is 12.2. The number of ether oxygens (including phenoxy) is 2. The molecule has 0 saturated heterocycles. The number of halogens is 1. The Hall–Kier alpha value is -2.01. The quantitative estimate of drug-likeness (QED) is 0.906. The third-order valence-corrected chi connectivity index (χ3v) is 3.75. The summed E-state index contributed by atoms with van der Waals surface area (Å²) < 4.78 is 12.0. The van der Waals surface area contributed by atoms with E-state index in [0.717, 1.165) is 27.0 Å². The molecule has 1 N–H and O–H groups in total. The SMILES string of the molecule is Cc1cc(Br)cc(NC(=O)Cc2ccc3c(c2)OCCO3)c1. The van der Waals surface area contributed by atoms with Crippen molar-refractivity contribution >= 4 is 27.5 Å². The fraction of sp³-hybridized carbons (Fsp3) is 0.235. The van der Waals surface area contributed by atoms with Gasteiger partial charge in [-0.3, -0.25) is 4.79 Å². The van der Waals surface area contributed by atoms with E-state index in [1.807, 2.05) is 43.3 Å². The van der Waals surface area contributed by atoms with Crippen molar-refractivity contribution in [1.82, 2.24) is 0 Å². The smallest absolute Gasteiger partial charge is 0.228 e. The maximum Gasteiger partial charge on any atom is 0.228 e. The van der Waals surface area contributed by atoms with Gasteiger partial charge in [0.2, 0.25) is 5.91 Å². The first kappa shape index (κ1) is 14.9. The Morgan fingerprint density at radius 2 is 1.91 bits per heavy atom. The minimum atomic E-state index is -0.0609. The molecule has 0 spiro atoms. The van der Waals surface area contributed by atoms with E-state index < -0.39 is 0 Å². The number of carbonyl (C=O) groups is 1. The Labute approximate surface area is 137 Å². The van der Waals surface area contributed by atoms with Gasteiger partial charge in [0.05, 0.1) is 6.42 Å². The highest BCUT2D eigenvalue weighted by atomic mass is 79.9. The van der Waals surface area contributed by atoms with Crippen LogP contribution in [-0.4, -0.2) is 19.1 Å². The average Bonchev–Trinajstić information content (AvgIpc) is 2.45. The number of hydrogen-bond donors (Lipinski definition) is 1. The second-order valence-corrected chi connectivity index (χ2v) is 6.14. The molecule has 0 bridgehead atoms. The number of amides is 1. The van der Waals surface area contributed by atoms with E-state index in [0.29, 0.717) is 25.4 Å². The zero-order chi connectivity index (χ0) is 15.5. The summed E-state index contributed by atoms with van der Waals surface area (Å²) in [6.45, 7) is 3.09. The second kappa shape index (κ2) is 6.40. The molecule has 4 nitrogen and oxygen atoms in total. The molecule has 0 unspecified atom stereocenters. The van der Waals surface area contributed by atoms with Crippen LogP contribution in [-0.2, 0) is 11.2 Å². The number of rotatable bonds is 3.